The molecule has 1 rings (SSSR count). The Hall–Kier alpha value is -0.380. The molecule has 0 amide bonds. The molecule has 0 heterocycles. The number of aryl methyl sites for hydroxylation is 1. The molecule has 3 heteroatoms. The van der Waals surface area contributed by atoms with Crippen molar-refractivity contribution in [2.45, 2.75) is 39.3 Å². The van der Waals surface area contributed by atoms with Gasteiger partial charge in [-0.2, -0.15) is 0 Å². The van der Waals surface area contributed by atoms with E-state index in [1.165, 1.54) is 11.1 Å². The molecule has 0 radical (unpaired) electrons. The van der Waals surface area contributed by atoms with Crippen molar-refractivity contribution in [1.29, 1.82) is 0 Å². The average molecular weight is 286 g/mol. The molecule has 0 aliphatic carbocycles. The van der Waals surface area contributed by atoms with Crippen molar-refractivity contribution in [3.63, 3.8) is 0 Å². The molecule has 1 aromatic carbocycles. The Morgan fingerprint density at radius 1 is 1.44 bits per heavy atom. The van der Waals surface area contributed by atoms with Gasteiger partial charge in [-0.1, -0.05) is 35.0 Å². The first kappa shape index (κ1) is 13.7. The van der Waals surface area contributed by atoms with E-state index >= 15 is 0 Å². The van der Waals surface area contributed by atoms with Crippen molar-refractivity contribution in [1.82, 2.24) is 5.32 Å². The standard InChI is InChI=1S/C13H20BrNO/c1-4-13(3,16)9-15-8-11-6-5-10(2)7-12(11)14/h5-7,15-16H,4,8-9H2,1-3H3. The lowest BCUT2D eigenvalue weighted by atomic mass is 10.0. The van der Waals surface area contributed by atoms with Gasteiger partial charge in [0.15, 0.2) is 0 Å². The quantitative estimate of drug-likeness (QED) is 0.872. The van der Waals surface area contributed by atoms with Crippen LogP contribution >= 0.6 is 15.9 Å². The predicted molar refractivity (Wildman–Crippen MR) is 71.5 cm³/mol. The molecule has 2 nitrogen and oxygen atoms in total. The molecule has 0 aliphatic heterocycles. The van der Waals surface area contributed by atoms with Gasteiger partial charge in [0.1, 0.15) is 0 Å². The lowest BCUT2D eigenvalue weighted by molar-refractivity contribution is 0.0555. The van der Waals surface area contributed by atoms with E-state index in [0.717, 1.165) is 17.4 Å². The molecular formula is C13H20BrNO. The number of hydrogen-bond acceptors (Lipinski definition) is 2. The summed E-state index contributed by atoms with van der Waals surface area (Å²) in [5.41, 5.74) is 1.85. The van der Waals surface area contributed by atoms with Crippen LogP contribution in [0.4, 0.5) is 0 Å². The van der Waals surface area contributed by atoms with E-state index in [1.807, 2.05) is 13.8 Å². The van der Waals surface area contributed by atoms with Crippen molar-refractivity contribution >= 4 is 15.9 Å². The predicted octanol–water partition coefficient (Wildman–Crippen LogP) is 3.01. The molecule has 0 fully saturated rings. The van der Waals surface area contributed by atoms with Gasteiger partial charge < -0.3 is 10.4 Å². The molecule has 0 spiro atoms. The second kappa shape index (κ2) is 5.80. The van der Waals surface area contributed by atoms with Crippen molar-refractivity contribution in [2.24, 2.45) is 0 Å². The Kier molecular flexibility index (Phi) is 4.96. The summed E-state index contributed by atoms with van der Waals surface area (Å²) >= 11 is 3.54. The van der Waals surface area contributed by atoms with Crippen LogP contribution in [0.5, 0.6) is 0 Å². The van der Waals surface area contributed by atoms with E-state index in [0.29, 0.717) is 6.54 Å². The summed E-state index contributed by atoms with van der Waals surface area (Å²) in [6.07, 6.45) is 0.759. The Balaban J connectivity index is 2.49. The molecule has 1 aromatic rings. The van der Waals surface area contributed by atoms with Crippen molar-refractivity contribution in [3.05, 3.63) is 33.8 Å². The van der Waals surface area contributed by atoms with E-state index in [4.69, 9.17) is 0 Å². The fraction of sp³-hybridized carbons (Fsp3) is 0.538. The largest absolute Gasteiger partial charge is 0.389 e. The third kappa shape index (κ3) is 4.24. The summed E-state index contributed by atoms with van der Waals surface area (Å²) in [6.45, 7) is 7.30. The van der Waals surface area contributed by atoms with Crippen LogP contribution in [0, 0.1) is 6.92 Å². The zero-order valence-electron chi connectivity index (χ0n) is 10.2. The Morgan fingerprint density at radius 3 is 2.69 bits per heavy atom. The molecule has 0 saturated heterocycles. The first-order valence-electron chi connectivity index (χ1n) is 5.63. The summed E-state index contributed by atoms with van der Waals surface area (Å²) < 4.78 is 1.12. The fourth-order valence-electron chi connectivity index (χ4n) is 1.39. The Morgan fingerprint density at radius 2 is 2.12 bits per heavy atom. The van der Waals surface area contributed by atoms with E-state index in [9.17, 15) is 5.11 Å². The van der Waals surface area contributed by atoms with Gasteiger partial charge >= 0.3 is 0 Å². The lowest BCUT2D eigenvalue weighted by Gasteiger charge is -2.21. The first-order chi connectivity index (χ1) is 7.44. The molecule has 2 N–H and O–H groups in total. The van der Waals surface area contributed by atoms with Crippen molar-refractivity contribution in [3.8, 4) is 0 Å². The Labute approximate surface area is 106 Å². The minimum Gasteiger partial charge on any atom is -0.389 e. The zero-order chi connectivity index (χ0) is 12.2. The van der Waals surface area contributed by atoms with Gasteiger partial charge in [-0.3, -0.25) is 0 Å². The number of rotatable bonds is 5. The number of nitrogens with one attached hydrogen (secondary N) is 1. The summed E-state index contributed by atoms with van der Waals surface area (Å²) in [4.78, 5) is 0. The van der Waals surface area contributed by atoms with Gasteiger partial charge in [-0.25, -0.2) is 0 Å². The van der Waals surface area contributed by atoms with Crippen molar-refractivity contribution in [2.75, 3.05) is 6.54 Å². The summed E-state index contributed by atoms with van der Waals surface area (Å²) in [7, 11) is 0. The van der Waals surface area contributed by atoms with Crippen LogP contribution in [0.15, 0.2) is 22.7 Å². The molecular weight excluding hydrogens is 266 g/mol. The van der Waals surface area contributed by atoms with E-state index in [2.05, 4.69) is 46.4 Å². The van der Waals surface area contributed by atoms with E-state index in [1.54, 1.807) is 0 Å². The second-order valence-corrected chi connectivity index (χ2v) is 5.40. The van der Waals surface area contributed by atoms with Crippen LogP contribution in [0.2, 0.25) is 0 Å². The summed E-state index contributed by atoms with van der Waals surface area (Å²) in [6, 6.07) is 6.31. The molecule has 90 valence electrons. The molecule has 0 saturated carbocycles. The average Bonchev–Trinajstić information content (AvgIpc) is 2.21. The normalized spacial score (nSPS) is 14.8. The minimum atomic E-state index is -0.614. The fourth-order valence-corrected chi connectivity index (χ4v) is 2.02. The smallest absolute Gasteiger partial charge is 0.0741 e. The van der Waals surface area contributed by atoms with Gasteiger partial charge in [0, 0.05) is 17.6 Å². The summed E-state index contributed by atoms with van der Waals surface area (Å²) in [5, 5.41) is 13.1. The molecule has 0 bridgehead atoms. The number of benzene rings is 1. The second-order valence-electron chi connectivity index (χ2n) is 4.55. The van der Waals surface area contributed by atoms with E-state index in [-0.39, 0.29) is 0 Å². The zero-order valence-corrected chi connectivity index (χ0v) is 11.8. The molecule has 0 aromatic heterocycles. The minimum absolute atomic E-state index is 0.614. The van der Waals surface area contributed by atoms with Crippen LogP contribution < -0.4 is 5.32 Å². The highest BCUT2D eigenvalue weighted by molar-refractivity contribution is 9.10. The van der Waals surface area contributed by atoms with Crippen LogP contribution in [0.25, 0.3) is 0 Å². The number of halogens is 1. The topological polar surface area (TPSA) is 32.3 Å². The highest BCUT2D eigenvalue weighted by Gasteiger charge is 2.16. The van der Waals surface area contributed by atoms with Gasteiger partial charge in [0.2, 0.25) is 0 Å². The monoisotopic (exact) mass is 285 g/mol. The SMILES string of the molecule is CCC(C)(O)CNCc1ccc(C)cc1Br. The van der Waals surface area contributed by atoms with Gasteiger partial charge in [0.05, 0.1) is 5.60 Å². The van der Waals surface area contributed by atoms with Gasteiger partial charge in [0.25, 0.3) is 0 Å². The Bertz CT molecular complexity index is 350. The van der Waals surface area contributed by atoms with Crippen molar-refractivity contribution < 1.29 is 5.11 Å². The lowest BCUT2D eigenvalue weighted by Crippen LogP contribution is -2.36. The molecule has 1 atom stereocenters. The van der Waals surface area contributed by atoms with Crippen LogP contribution in [0.1, 0.15) is 31.4 Å². The third-order valence-corrected chi connectivity index (χ3v) is 3.53. The van der Waals surface area contributed by atoms with Gasteiger partial charge in [-0.15, -0.1) is 0 Å². The number of hydrogen-bond donors (Lipinski definition) is 2. The highest BCUT2D eigenvalue weighted by Crippen LogP contribution is 2.18. The maximum absolute atomic E-state index is 9.84. The maximum Gasteiger partial charge on any atom is 0.0741 e. The maximum atomic E-state index is 9.84. The van der Waals surface area contributed by atoms with Crippen LogP contribution in [-0.4, -0.2) is 17.3 Å². The first-order valence-corrected chi connectivity index (χ1v) is 6.42. The molecule has 16 heavy (non-hydrogen) atoms. The third-order valence-electron chi connectivity index (χ3n) is 2.79. The summed E-state index contributed by atoms with van der Waals surface area (Å²) in [5.74, 6) is 0. The van der Waals surface area contributed by atoms with E-state index < -0.39 is 5.60 Å². The highest BCUT2D eigenvalue weighted by atomic mass is 79.9. The molecule has 1 unspecified atom stereocenters. The molecule has 0 aliphatic rings. The van der Waals surface area contributed by atoms with Gasteiger partial charge in [-0.05, 0) is 37.5 Å². The number of aliphatic hydroxyl groups is 1. The van der Waals surface area contributed by atoms with Crippen LogP contribution in [0.3, 0.4) is 0 Å². The van der Waals surface area contributed by atoms with Crippen LogP contribution in [-0.2, 0) is 6.54 Å².